The second-order valence-corrected chi connectivity index (χ2v) is 5.55. The smallest absolute Gasteiger partial charge is 0.119 e. The molecular formula is C18H24N2O. The molecule has 2 rings (SSSR count). The molecule has 3 nitrogen and oxygen atoms in total. The lowest BCUT2D eigenvalue weighted by Crippen LogP contribution is -2.38. The zero-order valence-electron chi connectivity index (χ0n) is 13.0. The van der Waals surface area contributed by atoms with Crippen molar-refractivity contribution in [2.75, 3.05) is 7.11 Å². The summed E-state index contributed by atoms with van der Waals surface area (Å²) in [6, 6.07) is 14.9. The molecule has 2 aromatic carbocycles. The number of hydrogen-bond donors (Lipinski definition) is 2. The first-order chi connectivity index (χ1) is 10.1. The number of nitrogens with one attached hydrogen (secondary N) is 1. The molecule has 0 spiro atoms. The van der Waals surface area contributed by atoms with Crippen LogP contribution in [0.4, 0.5) is 0 Å². The van der Waals surface area contributed by atoms with E-state index in [2.05, 4.69) is 49.6 Å². The summed E-state index contributed by atoms with van der Waals surface area (Å²) < 4.78 is 5.27. The average molecular weight is 284 g/mol. The Labute approximate surface area is 127 Å². The molecular weight excluding hydrogens is 260 g/mol. The third-order valence-corrected chi connectivity index (χ3v) is 3.82. The first-order valence-electron chi connectivity index (χ1n) is 7.27. The summed E-state index contributed by atoms with van der Waals surface area (Å²) in [6.45, 7) is 4.27. The summed E-state index contributed by atoms with van der Waals surface area (Å²) in [4.78, 5) is 0. The van der Waals surface area contributed by atoms with Gasteiger partial charge in [-0.05, 0) is 55.5 Å². The van der Waals surface area contributed by atoms with E-state index < -0.39 is 0 Å². The molecule has 0 aromatic heterocycles. The fourth-order valence-electron chi connectivity index (χ4n) is 2.56. The minimum absolute atomic E-state index is 0.206. The van der Waals surface area contributed by atoms with Gasteiger partial charge in [0, 0.05) is 6.04 Å². The number of benzene rings is 2. The van der Waals surface area contributed by atoms with Gasteiger partial charge in [-0.1, -0.05) is 35.9 Å². The van der Waals surface area contributed by atoms with Gasteiger partial charge in [0.1, 0.15) is 5.75 Å². The molecule has 0 fully saturated rings. The van der Waals surface area contributed by atoms with Crippen LogP contribution in [0.15, 0.2) is 42.5 Å². The number of hydrogen-bond acceptors (Lipinski definition) is 3. The van der Waals surface area contributed by atoms with Crippen molar-refractivity contribution in [3.63, 3.8) is 0 Å². The highest BCUT2D eigenvalue weighted by Gasteiger charge is 2.11. The van der Waals surface area contributed by atoms with Gasteiger partial charge in [-0.2, -0.15) is 0 Å². The third-order valence-electron chi connectivity index (χ3n) is 3.82. The topological polar surface area (TPSA) is 47.3 Å². The van der Waals surface area contributed by atoms with E-state index in [1.165, 1.54) is 22.3 Å². The summed E-state index contributed by atoms with van der Waals surface area (Å²) in [5.74, 6) is 6.63. The van der Waals surface area contributed by atoms with Crippen molar-refractivity contribution in [1.82, 2.24) is 5.43 Å². The predicted molar refractivity (Wildman–Crippen MR) is 87.4 cm³/mol. The van der Waals surface area contributed by atoms with Gasteiger partial charge in [-0.15, -0.1) is 0 Å². The molecule has 0 saturated carbocycles. The molecule has 0 bridgehead atoms. The Morgan fingerprint density at radius 2 is 1.90 bits per heavy atom. The molecule has 0 heterocycles. The molecule has 0 aliphatic rings. The van der Waals surface area contributed by atoms with Gasteiger partial charge in [0.25, 0.3) is 0 Å². The molecule has 112 valence electrons. The van der Waals surface area contributed by atoms with Crippen molar-refractivity contribution < 1.29 is 4.74 Å². The number of hydrazine groups is 1. The zero-order chi connectivity index (χ0) is 15.2. The van der Waals surface area contributed by atoms with E-state index in [0.29, 0.717) is 0 Å². The fraction of sp³-hybridized carbons (Fsp3) is 0.333. The van der Waals surface area contributed by atoms with E-state index >= 15 is 0 Å². The Morgan fingerprint density at radius 1 is 1.10 bits per heavy atom. The van der Waals surface area contributed by atoms with E-state index in [0.717, 1.165) is 18.6 Å². The van der Waals surface area contributed by atoms with Gasteiger partial charge >= 0.3 is 0 Å². The fourth-order valence-corrected chi connectivity index (χ4v) is 2.56. The van der Waals surface area contributed by atoms with Crippen molar-refractivity contribution in [3.05, 3.63) is 64.7 Å². The summed E-state index contributed by atoms with van der Waals surface area (Å²) in [5.41, 5.74) is 8.11. The van der Waals surface area contributed by atoms with Crippen molar-refractivity contribution in [3.8, 4) is 5.75 Å². The van der Waals surface area contributed by atoms with Gasteiger partial charge in [0.05, 0.1) is 7.11 Å². The lowest BCUT2D eigenvalue weighted by molar-refractivity contribution is 0.413. The number of aryl methyl sites for hydroxylation is 2. The van der Waals surface area contributed by atoms with E-state index in [4.69, 9.17) is 10.6 Å². The van der Waals surface area contributed by atoms with Crippen LogP contribution in [0, 0.1) is 13.8 Å². The Hall–Kier alpha value is -1.84. The van der Waals surface area contributed by atoms with Crippen LogP contribution in [0.5, 0.6) is 5.75 Å². The van der Waals surface area contributed by atoms with Gasteiger partial charge in [0.2, 0.25) is 0 Å². The standard InChI is InChI=1S/C18H24N2O/c1-13-7-8-14(2)16(9-13)12-17(20-19)10-15-5-4-6-18(11-15)21-3/h4-9,11,17,20H,10,12,19H2,1-3H3. The Balaban J connectivity index is 2.10. The van der Waals surface area contributed by atoms with Crippen LogP contribution in [0.1, 0.15) is 22.3 Å². The van der Waals surface area contributed by atoms with Crippen LogP contribution in [0.3, 0.4) is 0 Å². The Morgan fingerprint density at radius 3 is 2.62 bits per heavy atom. The highest BCUT2D eigenvalue weighted by molar-refractivity contribution is 5.32. The van der Waals surface area contributed by atoms with Crippen LogP contribution >= 0.6 is 0 Å². The lowest BCUT2D eigenvalue weighted by atomic mass is 9.95. The maximum absolute atomic E-state index is 5.75. The van der Waals surface area contributed by atoms with Crippen LogP contribution < -0.4 is 16.0 Å². The van der Waals surface area contributed by atoms with Gasteiger partial charge < -0.3 is 4.74 Å². The molecule has 3 N–H and O–H groups in total. The van der Waals surface area contributed by atoms with Crippen LogP contribution in [0.2, 0.25) is 0 Å². The second-order valence-electron chi connectivity index (χ2n) is 5.55. The van der Waals surface area contributed by atoms with Gasteiger partial charge in [0.15, 0.2) is 0 Å². The molecule has 0 radical (unpaired) electrons. The quantitative estimate of drug-likeness (QED) is 0.633. The maximum Gasteiger partial charge on any atom is 0.119 e. The summed E-state index contributed by atoms with van der Waals surface area (Å²) in [5, 5.41) is 0. The van der Waals surface area contributed by atoms with Crippen LogP contribution in [-0.4, -0.2) is 13.2 Å². The Bertz CT molecular complexity index is 596. The molecule has 21 heavy (non-hydrogen) atoms. The molecule has 0 amide bonds. The third kappa shape index (κ3) is 4.31. The van der Waals surface area contributed by atoms with E-state index in [1.54, 1.807) is 7.11 Å². The first kappa shape index (κ1) is 15.5. The largest absolute Gasteiger partial charge is 0.497 e. The summed E-state index contributed by atoms with van der Waals surface area (Å²) in [6.07, 6.45) is 1.79. The minimum Gasteiger partial charge on any atom is -0.497 e. The average Bonchev–Trinajstić information content (AvgIpc) is 2.50. The second kappa shape index (κ2) is 7.25. The SMILES string of the molecule is COc1cccc(CC(Cc2cc(C)ccc2C)NN)c1. The molecule has 3 heteroatoms. The first-order valence-corrected chi connectivity index (χ1v) is 7.27. The van der Waals surface area contributed by atoms with Crippen LogP contribution in [-0.2, 0) is 12.8 Å². The van der Waals surface area contributed by atoms with E-state index in [1.807, 2.05) is 12.1 Å². The highest BCUT2D eigenvalue weighted by atomic mass is 16.5. The summed E-state index contributed by atoms with van der Waals surface area (Å²) in [7, 11) is 1.69. The maximum atomic E-state index is 5.75. The normalized spacial score (nSPS) is 12.2. The monoisotopic (exact) mass is 284 g/mol. The van der Waals surface area contributed by atoms with Gasteiger partial charge in [-0.25, -0.2) is 0 Å². The molecule has 0 aliphatic carbocycles. The molecule has 0 aliphatic heterocycles. The van der Waals surface area contributed by atoms with Gasteiger partial charge in [-0.3, -0.25) is 11.3 Å². The number of methoxy groups -OCH3 is 1. The predicted octanol–water partition coefficient (Wildman–Crippen LogP) is 2.93. The number of nitrogens with two attached hydrogens (primary N) is 1. The van der Waals surface area contributed by atoms with E-state index in [9.17, 15) is 0 Å². The van der Waals surface area contributed by atoms with Crippen molar-refractivity contribution in [1.29, 1.82) is 0 Å². The minimum atomic E-state index is 0.206. The van der Waals surface area contributed by atoms with Crippen LogP contribution in [0.25, 0.3) is 0 Å². The Kier molecular flexibility index (Phi) is 5.37. The molecule has 2 aromatic rings. The zero-order valence-corrected chi connectivity index (χ0v) is 13.0. The highest BCUT2D eigenvalue weighted by Crippen LogP contribution is 2.17. The number of rotatable bonds is 6. The van der Waals surface area contributed by atoms with Crippen molar-refractivity contribution >= 4 is 0 Å². The lowest BCUT2D eigenvalue weighted by Gasteiger charge is -2.18. The van der Waals surface area contributed by atoms with E-state index in [-0.39, 0.29) is 6.04 Å². The van der Waals surface area contributed by atoms with Crippen molar-refractivity contribution in [2.24, 2.45) is 5.84 Å². The number of ether oxygens (including phenoxy) is 1. The van der Waals surface area contributed by atoms with Crippen molar-refractivity contribution in [2.45, 2.75) is 32.7 Å². The molecule has 0 saturated heterocycles. The molecule has 1 unspecified atom stereocenters. The molecule has 1 atom stereocenters. The summed E-state index contributed by atoms with van der Waals surface area (Å²) >= 11 is 0.